The van der Waals surface area contributed by atoms with Crippen LogP contribution in [0.25, 0.3) is 10.8 Å². The van der Waals surface area contributed by atoms with E-state index in [0.717, 1.165) is 37.7 Å². The molecule has 0 amide bonds. The molecule has 0 spiro atoms. The molecule has 6 N–H and O–H groups in total. The van der Waals surface area contributed by atoms with Crippen LogP contribution in [0.5, 0.6) is 0 Å². The Morgan fingerprint density at radius 2 is 1.72 bits per heavy atom. The zero-order valence-corrected chi connectivity index (χ0v) is 16.3. The molecule has 0 saturated carbocycles. The smallest absolute Gasteiger partial charge is 0.223 e. The third-order valence-electron chi connectivity index (χ3n) is 5.21. The molecule has 8 heteroatoms. The first-order chi connectivity index (χ1) is 14.1. The van der Waals surface area contributed by atoms with Gasteiger partial charge in [-0.2, -0.15) is 9.97 Å². The highest BCUT2D eigenvalue weighted by Crippen LogP contribution is 2.19. The number of hydrogen-bond acceptors (Lipinski definition) is 8. The predicted octanol–water partition coefficient (Wildman–Crippen LogP) is 1.39. The van der Waals surface area contributed by atoms with Gasteiger partial charge in [-0.1, -0.05) is 30.3 Å². The molecule has 29 heavy (non-hydrogen) atoms. The van der Waals surface area contributed by atoms with Gasteiger partial charge >= 0.3 is 0 Å². The first kappa shape index (κ1) is 19.2. The maximum absolute atomic E-state index is 10.5. The van der Waals surface area contributed by atoms with Crippen LogP contribution in [0.15, 0.2) is 48.5 Å². The lowest BCUT2D eigenvalue weighted by Crippen LogP contribution is -2.49. The second-order valence-electron chi connectivity index (χ2n) is 7.39. The lowest BCUT2D eigenvalue weighted by atomic mass is 10.1. The summed E-state index contributed by atoms with van der Waals surface area (Å²) in [6, 6.07) is 16.3. The summed E-state index contributed by atoms with van der Waals surface area (Å²) in [6.07, 6.45) is -0.446. The van der Waals surface area contributed by atoms with Crippen molar-refractivity contribution in [2.45, 2.75) is 6.10 Å². The predicted molar refractivity (Wildman–Crippen MR) is 118 cm³/mol. The van der Waals surface area contributed by atoms with Crippen LogP contribution in [0.4, 0.5) is 23.3 Å². The van der Waals surface area contributed by atoms with Gasteiger partial charge in [-0.3, -0.25) is 4.90 Å². The number of aromatic nitrogens is 2. The third-order valence-corrected chi connectivity index (χ3v) is 5.21. The van der Waals surface area contributed by atoms with Crippen molar-refractivity contribution in [3.05, 3.63) is 48.5 Å². The molecule has 152 valence electrons. The fraction of sp³-hybridized carbons (Fsp3) is 0.333. The van der Waals surface area contributed by atoms with Gasteiger partial charge in [0, 0.05) is 51.0 Å². The first-order valence-corrected chi connectivity index (χ1v) is 9.85. The van der Waals surface area contributed by atoms with Crippen LogP contribution in [-0.2, 0) is 0 Å². The largest absolute Gasteiger partial charge is 0.390 e. The Balaban J connectivity index is 1.25. The number of aliphatic hydroxyl groups excluding tert-OH is 1. The fourth-order valence-electron chi connectivity index (χ4n) is 3.69. The summed E-state index contributed by atoms with van der Waals surface area (Å²) >= 11 is 0. The Kier molecular flexibility index (Phi) is 5.64. The fourth-order valence-corrected chi connectivity index (χ4v) is 3.69. The van der Waals surface area contributed by atoms with E-state index in [1.54, 1.807) is 6.07 Å². The molecule has 0 aliphatic carbocycles. The number of benzene rings is 2. The zero-order valence-electron chi connectivity index (χ0n) is 16.3. The quantitative estimate of drug-likeness (QED) is 0.496. The number of nitrogens with one attached hydrogen (secondary N) is 1. The standard InChI is InChI=1S/C21H27N7O/c22-19-12-20(26-21(23)25-19)28-9-7-27(8-10-28)14-18(29)13-24-17-6-5-15-3-1-2-4-16(15)11-17/h1-6,11-12,18,24,29H,7-10,13-14H2,(H4,22,23,25,26). The second kappa shape index (κ2) is 8.50. The van der Waals surface area contributed by atoms with Gasteiger partial charge in [0.2, 0.25) is 5.95 Å². The molecule has 2 heterocycles. The number of anilines is 4. The number of nitrogen functional groups attached to an aromatic ring is 2. The topological polar surface area (TPSA) is 117 Å². The Morgan fingerprint density at radius 1 is 0.966 bits per heavy atom. The van der Waals surface area contributed by atoms with Gasteiger partial charge in [-0.25, -0.2) is 0 Å². The highest BCUT2D eigenvalue weighted by atomic mass is 16.3. The molecule has 2 aromatic carbocycles. The summed E-state index contributed by atoms with van der Waals surface area (Å²) in [4.78, 5) is 12.6. The Bertz CT molecular complexity index is 952. The van der Waals surface area contributed by atoms with Crippen molar-refractivity contribution in [1.29, 1.82) is 0 Å². The number of piperazine rings is 1. The molecule has 8 nitrogen and oxygen atoms in total. The number of fused-ring (bicyclic) bond motifs is 1. The molecule has 1 fully saturated rings. The van der Waals surface area contributed by atoms with Crippen LogP contribution >= 0.6 is 0 Å². The number of nitrogens with zero attached hydrogens (tertiary/aromatic N) is 4. The van der Waals surface area contributed by atoms with E-state index >= 15 is 0 Å². The minimum Gasteiger partial charge on any atom is -0.390 e. The van der Waals surface area contributed by atoms with Gasteiger partial charge < -0.3 is 26.8 Å². The van der Waals surface area contributed by atoms with Crippen molar-refractivity contribution in [3.8, 4) is 0 Å². The summed E-state index contributed by atoms with van der Waals surface area (Å²) in [5.41, 5.74) is 12.5. The lowest BCUT2D eigenvalue weighted by Gasteiger charge is -2.36. The molecule has 1 saturated heterocycles. The number of hydrogen-bond donors (Lipinski definition) is 4. The Labute approximate surface area is 170 Å². The minimum absolute atomic E-state index is 0.192. The average Bonchev–Trinajstić information content (AvgIpc) is 2.72. The van der Waals surface area contributed by atoms with E-state index in [4.69, 9.17) is 11.5 Å². The van der Waals surface area contributed by atoms with Crippen LogP contribution in [0.1, 0.15) is 0 Å². The molecule has 0 radical (unpaired) electrons. The van der Waals surface area contributed by atoms with Crippen molar-refractivity contribution in [2.75, 3.05) is 61.0 Å². The summed E-state index contributed by atoms with van der Waals surface area (Å²) < 4.78 is 0. The number of rotatable bonds is 6. The SMILES string of the molecule is Nc1cc(N2CCN(CC(O)CNc3ccc4ccccc4c3)CC2)nc(N)n1. The Hall–Kier alpha value is -3.10. The van der Waals surface area contributed by atoms with E-state index in [-0.39, 0.29) is 5.95 Å². The van der Waals surface area contributed by atoms with Crippen LogP contribution < -0.4 is 21.7 Å². The van der Waals surface area contributed by atoms with Crippen LogP contribution in [-0.4, -0.2) is 65.3 Å². The van der Waals surface area contributed by atoms with Gasteiger partial charge in [0.1, 0.15) is 11.6 Å². The molecule has 4 rings (SSSR count). The van der Waals surface area contributed by atoms with Gasteiger partial charge in [0.05, 0.1) is 6.10 Å². The van der Waals surface area contributed by atoms with E-state index in [1.807, 2.05) is 18.2 Å². The van der Waals surface area contributed by atoms with Crippen molar-refractivity contribution in [3.63, 3.8) is 0 Å². The van der Waals surface area contributed by atoms with Crippen LogP contribution in [0, 0.1) is 0 Å². The third kappa shape index (κ3) is 4.85. The number of aliphatic hydroxyl groups is 1. The number of β-amino-alcohol motifs (C(OH)–C–C–N with tert-alkyl or cyclic N) is 1. The van der Waals surface area contributed by atoms with Crippen molar-refractivity contribution in [1.82, 2.24) is 14.9 Å². The molecular formula is C21H27N7O. The molecule has 1 unspecified atom stereocenters. The van der Waals surface area contributed by atoms with Crippen LogP contribution in [0.3, 0.4) is 0 Å². The molecule has 0 bridgehead atoms. The molecule has 3 aromatic rings. The lowest BCUT2D eigenvalue weighted by molar-refractivity contribution is 0.118. The van der Waals surface area contributed by atoms with Gasteiger partial charge in [-0.05, 0) is 22.9 Å². The Morgan fingerprint density at radius 3 is 2.48 bits per heavy atom. The van der Waals surface area contributed by atoms with Crippen molar-refractivity contribution >= 4 is 34.0 Å². The van der Waals surface area contributed by atoms with Gasteiger partial charge in [-0.15, -0.1) is 0 Å². The van der Waals surface area contributed by atoms with E-state index in [2.05, 4.69) is 49.4 Å². The molecule has 1 aliphatic rings. The summed E-state index contributed by atoms with van der Waals surface area (Å²) in [5, 5.41) is 16.2. The van der Waals surface area contributed by atoms with Crippen LogP contribution in [0.2, 0.25) is 0 Å². The summed E-state index contributed by atoms with van der Waals surface area (Å²) in [6.45, 7) is 4.44. The minimum atomic E-state index is -0.446. The normalized spacial score (nSPS) is 16.1. The molecule has 1 aromatic heterocycles. The zero-order chi connectivity index (χ0) is 20.2. The first-order valence-electron chi connectivity index (χ1n) is 9.85. The van der Waals surface area contributed by atoms with Crippen molar-refractivity contribution in [2.24, 2.45) is 0 Å². The molecule has 1 aliphatic heterocycles. The van der Waals surface area contributed by atoms with E-state index in [1.165, 1.54) is 10.8 Å². The molecular weight excluding hydrogens is 366 g/mol. The van der Waals surface area contributed by atoms with Gasteiger partial charge in [0.15, 0.2) is 0 Å². The number of nitrogens with two attached hydrogens (primary N) is 2. The highest BCUT2D eigenvalue weighted by molar-refractivity contribution is 5.85. The summed E-state index contributed by atoms with van der Waals surface area (Å²) in [7, 11) is 0. The average molecular weight is 393 g/mol. The van der Waals surface area contributed by atoms with E-state index < -0.39 is 6.10 Å². The highest BCUT2D eigenvalue weighted by Gasteiger charge is 2.20. The monoisotopic (exact) mass is 393 g/mol. The maximum atomic E-state index is 10.5. The summed E-state index contributed by atoms with van der Waals surface area (Å²) in [5.74, 6) is 1.33. The molecule has 1 atom stereocenters. The van der Waals surface area contributed by atoms with Gasteiger partial charge in [0.25, 0.3) is 0 Å². The van der Waals surface area contributed by atoms with E-state index in [0.29, 0.717) is 18.9 Å². The van der Waals surface area contributed by atoms with E-state index in [9.17, 15) is 5.11 Å². The maximum Gasteiger partial charge on any atom is 0.223 e. The van der Waals surface area contributed by atoms with Crippen molar-refractivity contribution < 1.29 is 5.11 Å². The second-order valence-corrected chi connectivity index (χ2v) is 7.39.